The van der Waals surface area contributed by atoms with Gasteiger partial charge in [0.2, 0.25) is 10.0 Å². The average molecular weight is 396 g/mol. The summed E-state index contributed by atoms with van der Waals surface area (Å²) in [6.07, 6.45) is 8.35. The van der Waals surface area contributed by atoms with Crippen molar-refractivity contribution >= 4 is 21.7 Å². The lowest BCUT2D eigenvalue weighted by Crippen LogP contribution is -2.52. The second-order valence-electron chi connectivity index (χ2n) is 7.23. The topological polar surface area (TPSA) is 85.8 Å². The van der Waals surface area contributed by atoms with Crippen molar-refractivity contribution in [2.45, 2.75) is 31.7 Å². The number of carbonyl (C=O) groups excluding carboxylic acids is 1. The second-order valence-corrected chi connectivity index (χ2v) is 9.16. The van der Waals surface area contributed by atoms with Crippen LogP contribution in [0.2, 0.25) is 0 Å². The Hall–Kier alpha value is -1.87. The summed E-state index contributed by atoms with van der Waals surface area (Å²) in [5, 5.41) is 2.96. The third-order valence-corrected chi connectivity index (χ3v) is 6.66. The standard InChI is InChI=1S/C18H29N5O3S/c1-27(25,26)23-10-3-2-5-16(23)7-9-20-18(24)22-13-11-21(12-14-22)17-6-4-8-19-15-17/h4,6,8,15-16H,2-3,5,7,9-14H2,1H3,(H,20,24)/t16-/m0/s1. The maximum Gasteiger partial charge on any atom is 0.317 e. The summed E-state index contributed by atoms with van der Waals surface area (Å²) in [5.41, 5.74) is 1.08. The number of sulfonamides is 1. The van der Waals surface area contributed by atoms with Crippen LogP contribution in [0.5, 0.6) is 0 Å². The van der Waals surface area contributed by atoms with E-state index in [-0.39, 0.29) is 12.1 Å². The molecule has 0 saturated carbocycles. The van der Waals surface area contributed by atoms with Gasteiger partial charge in [-0.15, -0.1) is 0 Å². The highest BCUT2D eigenvalue weighted by atomic mass is 32.2. The van der Waals surface area contributed by atoms with Crippen molar-refractivity contribution in [2.24, 2.45) is 0 Å². The van der Waals surface area contributed by atoms with E-state index in [9.17, 15) is 13.2 Å². The van der Waals surface area contributed by atoms with Crippen molar-refractivity contribution in [1.29, 1.82) is 0 Å². The predicted molar refractivity (Wildman–Crippen MR) is 105 cm³/mol. The number of carbonyl (C=O) groups is 1. The van der Waals surface area contributed by atoms with Crippen LogP contribution in [0.1, 0.15) is 25.7 Å². The van der Waals surface area contributed by atoms with E-state index in [0.717, 1.165) is 38.0 Å². The molecule has 0 spiro atoms. The molecule has 0 aromatic carbocycles. The van der Waals surface area contributed by atoms with Crippen LogP contribution in [-0.2, 0) is 10.0 Å². The third kappa shape index (κ3) is 5.32. The lowest BCUT2D eigenvalue weighted by molar-refractivity contribution is 0.191. The Morgan fingerprint density at radius 3 is 2.67 bits per heavy atom. The van der Waals surface area contributed by atoms with Crippen LogP contribution in [0.4, 0.5) is 10.5 Å². The van der Waals surface area contributed by atoms with Crippen LogP contribution >= 0.6 is 0 Å². The van der Waals surface area contributed by atoms with Crippen molar-refractivity contribution in [3.05, 3.63) is 24.5 Å². The molecule has 0 unspecified atom stereocenters. The number of pyridine rings is 1. The normalized spacial score (nSPS) is 21.9. The maximum absolute atomic E-state index is 12.4. The molecular formula is C18H29N5O3S. The van der Waals surface area contributed by atoms with E-state index in [1.54, 1.807) is 10.5 Å². The number of amides is 2. The number of anilines is 1. The first kappa shape index (κ1) is 19.9. The molecule has 2 fully saturated rings. The number of hydrogen-bond acceptors (Lipinski definition) is 5. The zero-order valence-corrected chi connectivity index (χ0v) is 16.7. The molecule has 1 aromatic rings. The summed E-state index contributed by atoms with van der Waals surface area (Å²) in [5.74, 6) is 0. The molecule has 150 valence electrons. The summed E-state index contributed by atoms with van der Waals surface area (Å²) in [7, 11) is -3.18. The van der Waals surface area contributed by atoms with Crippen molar-refractivity contribution in [2.75, 3.05) is 50.4 Å². The van der Waals surface area contributed by atoms with Gasteiger partial charge in [-0.05, 0) is 31.4 Å². The fourth-order valence-electron chi connectivity index (χ4n) is 3.87. The average Bonchev–Trinajstić information content (AvgIpc) is 2.68. The quantitative estimate of drug-likeness (QED) is 0.807. The van der Waals surface area contributed by atoms with Crippen LogP contribution in [0.3, 0.4) is 0 Å². The lowest BCUT2D eigenvalue weighted by atomic mass is 10.0. The van der Waals surface area contributed by atoms with Crippen molar-refractivity contribution in [3.63, 3.8) is 0 Å². The second kappa shape index (κ2) is 8.88. The number of piperazine rings is 1. The molecule has 2 aliphatic rings. The number of aromatic nitrogens is 1. The summed E-state index contributed by atoms with van der Waals surface area (Å²) in [6, 6.07) is 3.87. The Balaban J connectivity index is 1.42. The van der Waals surface area contributed by atoms with Gasteiger partial charge in [-0.25, -0.2) is 13.2 Å². The summed E-state index contributed by atoms with van der Waals surface area (Å²) < 4.78 is 25.4. The summed E-state index contributed by atoms with van der Waals surface area (Å²) in [6.45, 7) is 3.98. The molecule has 3 rings (SSSR count). The Morgan fingerprint density at radius 2 is 2.00 bits per heavy atom. The molecule has 27 heavy (non-hydrogen) atoms. The van der Waals surface area contributed by atoms with E-state index in [1.165, 1.54) is 6.26 Å². The fraction of sp³-hybridized carbons (Fsp3) is 0.667. The highest BCUT2D eigenvalue weighted by Crippen LogP contribution is 2.22. The van der Waals surface area contributed by atoms with Crippen LogP contribution < -0.4 is 10.2 Å². The summed E-state index contributed by atoms with van der Waals surface area (Å²) >= 11 is 0. The molecule has 2 aliphatic heterocycles. The Morgan fingerprint density at radius 1 is 1.22 bits per heavy atom. The highest BCUT2D eigenvalue weighted by Gasteiger charge is 2.29. The molecule has 0 aliphatic carbocycles. The number of rotatable bonds is 5. The summed E-state index contributed by atoms with van der Waals surface area (Å²) in [4.78, 5) is 20.6. The molecule has 9 heteroatoms. The number of piperidine rings is 1. The van der Waals surface area contributed by atoms with E-state index < -0.39 is 10.0 Å². The Bertz CT molecular complexity index is 720. The lowest BCUT2D eigenvalue weighted by Gasteiger charge is -2.36. The smallest absolute Gasteiger partial charge is 0.317 e. The van der Waals surface area contributed by atoms with Crippen LogP contribution in [-0.4, -0.2) is 80.2 Å². The number of nitrogens with one attached hydrogen (secondary N) is 1. The van der Waals surface area contributed by atoms with Crippen LogP contribution in [0, 0.1) is 0 Å². The monoisotopic (exact) mass is 395 g/mol. The minimum absolute atomic E-state index is 0.00326. The molecule has 3 heterocycles. The first-order valence-electron chi connectivity index (χ1n) is 9.60. The Labute approximate surface area is 161 Å². The van der Waals surface area contributed by atoms with Gasteiger partial charge in [-0.1, -0.05) is 6.42 Å². The molecule has 1 N–H and O–H groups in total. The van der Waals surface area contributed by atoms with Crippen molar-refractivity contribution < 1.29 is 13.2 Å². The zero-order valence-electron chi connectivity index (χ0n) is 15.9. The minimum Gasteiger partial charge on any atom is -0.367 e. The van der Waals surface area contributed by atoms with E-state index in [1.807, 2.05) is 23.2 Å². The van der Waals surface area contributed by atoms with E-state index in [4.69, 9.17) is 0 Å². The van der Waals surface area contributed by atoms with Crippen molar-refractivity contribution in [3.8, 4) is 0 Å². The number of urea groups is 1. The molecular weight excluding hydrogens is 366 g/mol. The largest absolute Gasteiger partial charge is 0.367 e. The van der Waals surface area contributed by atoms with E-state index >= 15 is 0 Å². The molecule has 0 radical (unpaired) electrons. The Kier molecular flexibility index (Phi) is 6.54. The fourth-order valence-corrected chi connectivity index (χ4v) is 5.08. The molecule has 0 bridgehead atoms. The number of nitrogens with zero attached hydrogens (tertiary/aromatic N) is 4. The van der Waals surface area contributed by atoms with Crippen molar-refractivity contribution in [1.82, 2.24) is 19.5 Å². The van der Waals surface area contributed by atoms with Gasteiger partial charge in [0.05, 0.1) is 18.1 Å². The van der Waals surface area contributed by atoms with Gasteiger partial charge in [0.15, 0.2) is 0 Å². The van der Waals surface area contributed by atoms with Gasteiger partial charge < -0.3 is 15.1 Å². The van der Waals surface area contributed by atoms with Gasteiger partial charge in [0, 0.05) is 51.5 Å². The molecule has 1 aromatic heterocycles. The molecule has 2 amide bonds. The van der Waals surface area contributed by atoms with Gasteiger partial charge in [-0.3, -0.25) is 4.98 Å². The van der Waals surface area contributed by atoms with Gasteiger partial charge in [0.1, 0.15) is 0 Å². The van der Waals surface area contributed by atoms with Crippen LogP contribution in [0.15, 0.2) is 24.5 Å². The van der Waals surface area contributed by atoms with E-state index in [0.29, 0.717) is 32.6 Å². The van der Waals surface area contributed by atoms with Crippen LogP contribution in [0.25, 0.3) is 0 Å². The molecule has 8 nitrogen and oxygen atoms in total. The zero-order chi connectivity index (χ0) is 19.3. The number of hydrogen-bond donors (Lipinski definition) is 1. The third-order valence-electron chi connectivity index (χ3n) is 5.33. The predicted octanol–water partition coefficient (Wildman–Crippen LogP) is 1.12. The van der Waals surface area contributed by atoms with Gasteiger partial charge >= 0.3 is 6.03 Å². The van der Waals surface area contributed by atoms with Gasteiger partial charge in [-0.2, -0.15) is 4.31 Å². The van der Waals surface area contributed by atoms with E-state index in [2.05, 4.69) is 15.2 Å². The highest BCUT2D eigenvalue weighted by molar-refractivity contribution is 7.88. The maximum atomic E-state index is 12.4. The molecule has 2 saturated heterocycles. The minimum atomic E-state index is -3.18. The van der Waals surface area contributed by atoms with Gasteiger partial charge in [0.25, 0.3) is 0 Å². The molecule has 1 atom stereocenters. The first-order chi connectivity index (χ1) is 12.9. The SMILES string of the molecule is CS(=O)(=O)N1CCCC[C@H]1CCNC(=O)N1CCN(c2cccnc2)CC1. The first-order valence-corrected chi connectivity index (χ1v) is 11.4.